The van der Waals surface area contributed by atoms with E-state index in [2.05, 4.69) is 28.3 Å². The third-order valence-electron chi connectivity index (χ3n) is 3.71. The molecule has 0 bridgehead atoms. The molecule has 108 valence electrons. The van der Waals surface area contributed by atoms with Gasteiger partial charge in [-0.2, -0.15) is 4.98 Å². The third-order valence-corrected chi connectivity index (χ3v) is 4.88. The van der Waals surface area contributed by atoms with E-state index >= 15 is 0 Å². The van der Waals surface area contributed by atoms with E-state index in [9.17, 15) is 0 Å². The summed E-state index contributed by atoms with van der Waals surface area (Å²) in [4.78, 5) is 11.0. The van der Waals surface area contributed by atoms with E-state index in [0.717, 1.165) is 55.1 Å². The fourth-order valence-corrected chi connectivity index (χ4v) is 3.46. The molecule has 0 aromatic carbocycles. The van der Waals surface area contributed by atoms with Gasteiger partial charge in [0.25, 0.3) is 0 Å². The lowest BCUT2D eigenvalue weighted by Crippen LogP contribution is -2.23. The molecule has 0 atom stereocenters. The Labute approximate surface area is 122 Å². The Morgan fingerprint density at radius 2 is 2.20 bits per heavy atom. The van der Waals surface area contributed by atoms with Crippen LogP contribution in [0.15, 0.2) is 6.07 Å². The van der Waals surface area contributed by atoms with E-state index in [0.29, 0.717) is 11.9 Å². The molecule has 2 aromatic rings. The van der Waals surface area contributed by atoms with E-state index in [1.807, 2.05) is 0 Å². The fourth-order valence-electron chi connectivity index (χ4n) is 2.49. The summed E-state index contributed by atoms with van der Waals surface area (Å²) >= 11 is 1.70. The molecule has 20 heavy (non-hydrogen) atoms. The fraction of sp³-hybridized carbons (Fsp3) is 0.571. The number of rotatable bonds is 4. The monoisotopic (exact) mass is 292 g/mol. The second-order valence-corrected chi connectivity index (χ2v) is 6.27. The molecule has 0 saturated carbocycles. The van der Waals surface area contributed by atoms with Crippen LogP contribution < -0.4 is 11.1 Å². The molecule has 1 aliphatic heterocycles. The standard InChI is InChI=1S/C14H20N4OS/c1-2-10-7-11-12(17-14(15)18-13(11)20-10)16-8-9-3-5-19-6-4-9/h7,9H,2-6,8H2,1H3,(H3,15,16,17,18). The topological polar surface area (TPSA) is 73.1 Å². The van der Waals surface area contributed by atoms with Crippen molar-refractivity contribution >= 4 is 33.3 Å². The minimum atomic E-state index is 0.344. The molecule has 6 heteroatoms. The number of ether oxygens (including phenoxy) is 1. The number of nitrogens with one attached hydrogen (secondary N) is 1. The van der Waals surface area contributed by atoms with Crippen LogP contribution in [0.5, 0.6) is 0 Å². The van der Waals surface area contributed by atoms with Crippen LogP contribution in [0.25, 0.3) is 10.2 Å². The summed E-state index contributed by atoms with van der Waals surface area (Å²) in [6, 6.07) is 2.17. The van der Waals surface area contributed by atoms with Crippen molar-refractivity contribution in [1.82, 2.24) is 9.97 Å². The minimum absolute atomic E-state index is 0.344. The van der Waals surface area contributed by atoms with Gasteiger partial charge in [-0.1, -0.05) is 6.92 Å². The van der Waals surface area contributed by atoms with Crippen molar-refractivity contribution in [2.24, 2.45) is 5.92 Å². The highest BCUT2D eigenvalue weighted by molar-refractivity contribution is 7.18. The summed E-state index contributed by atoms with van der Waals surface area (Å²) < 4.78 is 5.39. The van der Waals surface area contributed by atoms with Crippen molar-refractivity contribution in [3.05, 3.63) is 10.9 Å². The van der Waals surface area contributed by atoms with E-state index in [1.165, 1.54) is 4.88 Å². The average molecular weight is 292 g/mol. The van der Waals surface area contributed by atoms with Crippen molar-refractivity contribution < 1.29 is 4.74 Å². The number of thiophene rings is 1. The Morgan fingerprint density at radius 3 is 2.95 bits per heavy atom. The summed E-state index contributed by atoms with van der Waals surface area (Å²) in [7, 11) is 0. The summed E-state index contributed by atoms with van der Waals surface area (Å²) in [5.74, 6) is 1.87. The third kappa shape index (κ3) is 2.86. The van der Waals surface area contributed by atoms with Crippen LogP contribution in [0.2, 0.25) is 0 Å². The summed E-state index contributed by atoms with van der Waals surface area (Å²) in [6.45, 7) is 4.81. The molecule has 3 N–H and O–H groups in total. The maximum Gasteiger partial charge on any atom is 0.223 e. The van der Waals surface area contributed by atoms with E-state index in [-0.39, 0.29) is 0 Å². The molecule has 3 heterocycles. The number of aryl methyl sites for hydroxylation is 1. The largest absolute Gasteiger partial charge is 0.381 e. The first-order valence-electron chi connectivity index (χ1n) is 7.14. The lowest BCUT2D eigenvalue weighted by atomic mass is 10.0. The zero-order valence-corrected chi connectivity index (χ0v) is 12.5. The maximum atomic E-state index is 5.81. The van der Waals surface area contributed by atoms with Crippen molar-refractivity contribution in [2.75, 3.05) is 30.8 Å². The van der Waals surface area contributed by atoms with Gasteiger partial charge in [0, 0.05) is 24.6 Å². The number of nitrogen functional groups attached to an aromatic ring is 1. The summed E-state index contributed by atoms with van der Waals surface area (Å²) in [5, 5.41) is 4.55. The molecular formula is C14H20N4OS. The van der Waals surface area contributed by atoms with Gasteiger partial charge in [-0.25, -0.2) is 4.98 Å². The quantitative estimate of drug-likeness (QED) is 0.906. The molecule has 3 rings (SSSR count). The Bertz CT molecular complexity index is 592. The van der Waals surface area contributed by atoms with Crippen LogP contribution in [0, 0.1) is 5.92 Å². The highest BCUT2D eigenvalue weighted by Crippen LogP contribution is 2.30. The summed E-state index contributed by atoms with van der Waals surface area (Å²) in [6.07, 6.45) is 3.24. The first-order valence-corrected chi connectivity index (χ1v) is 7.95. The van der Waals surface area contributed by atoms with Gasteiger partial charge in [0.05, 0.1) is 5.39 Å². The molecule has 1 fully saturated rings. The van der Waals surface area contributed by atoms with E-state index < -0.39 is 0 Å². The predicted molar refractivity (Wildman–Crippen MR) is 83.2 cm³/mol. The molecule has 5 nitrogen and oxygen atoms in total. The molecular weight excluding hydrogens is 272 g/mol. The van der Waals surface area contributed by atoms with Gasteiger partial charge >= 0.3 is 0 Å². The molecule has 0 radical (unpaired) electrons. The summed E-state index contributed by atoms with van der Waals surface area (Å²) in [5.41, 5.74) is 5.81. The molecule has 0 spiro atoms. The first kappa shape index (κ1) is 13.6. The maximum absolute atomic E-state index is 5.81. The second-order valence-electron chi connectivity index (χ2n) is 5.15. The molecule has 0 amide bonds. The Kier molecular flexibility index (Phi) is 4.03. The smallest absolute Gasteiger partial charge is 0.223 e. The van der Waals surface area contributed by atoms with Crippen LogP contribution in [0.1, 0.15) is 24.6 Å². The zero-order chi connectivity index (χ0) is 13.9. The van der Waals surface area contributed by atoms with Gasteiger partial charge in [-0.15, -0.1) is 11.3 Å². The Morgan fingerprint density at radius 1 is 1.40 bits per heavy atom. The lowest BCUT2D eigenvalue weighted by Gasteiger charge is -2.22. The molecule has 0 aliphatic carbocycles. The Hall–Kier alpha value is -1.40. The number of nitrogens with two attached hydrogens (primary N) is 1. The van der Waals surface area contributed by atoms with Crippen LogP contribution in [0.4, 0.5) is 11.8 Å². The average Bonchev–Trinajstić information content (AvgIpc) is 2.88. The van der Waals surface area contributed by atoms with Gasteiger partial charge in [0.2, 0.25) is 5.95 Å². The van der Waals surface area contributed by atoms with Gasteiger partial charge in [-0.05, 0) is 31.2 Å². The molecule has 1 saturated heterocycles. The SMILES string of the molecule is CCc1cc2c(NCC3CCOCC3)nc(N)nc2s1. The van der Waals surface area contributed by atoms with Crippen molar-refractivity contribution in [2.45, 2.75) is 26.2 Å². The number of aromatic nitrogens is 2. The normalized spacial score (nSPS) is 16.6. The Balaban J connectivity index is 1.80. The van der Waals surface area contributed by atoms with Gasteiger partial charge in [0.1, 0.15) is 10.6 Å². The van der Waals surface area contributed by atoms with Crippen molar-refractivity contribution in [3.8, 4) is 0 Å². The van der Waals surface area contributed by atoms with Gasteiger partial charge < -0.3 is 15.8 Å². The van der Waals surface area contributed by atoms with Crippen molar-refractivity contribution in [1.29, 1.82) is 0 Å². The van der Waals surface area contributed by atoms with E-state index in [4.69, 9.17) is 10.5 Å². The number of anilines is 2. The molecule has 2 aromatic heterocycles. The second kappa shape index (κ2) is 5.93. The van der Waals surface area contributed by atoms with E-state index in [1.54, 1.807) is 11.3 Å². The minimum Gasteiger partial charge on any atom is -0.381 e. The highest BCUT2D eigenvalue weighted by Gasteiger charge is 2.15. The number of fused-ring (bicyclic) bond motifs is 1. The lowest BCUT2D eigenvalue weighted by molar-refractivity contribution is 0.0699. The zero-order valence-electron chi connectivity index (χ0n) is 11.7. The molecule has 1 aliphatic rings. The number of nitrogens with zero attached hydrogens (tertiary/aromatic N) is 2. The van der Waals surface area contributed by atoms with Crippen LogP contribution in [-0.2, 0) is 11.2 Å². The predicted octanol–water partition coefficient (Wildman–Crippen LogP) is 2.67. The number of hydrogen-bond donors (Lipinski definition) is 2. The highest BCUT2D eigenvalue weighted by atomic mass is 32.1. The first-order chi connectivity index (χ1) is 9.76. The van der Waals surface area contributed by atoms with Crippen LogP contribution in [-0.4, -0.2) is 29.7 Å². The van der Waals surface area contributed by atoms with Gasteiger partial charge in [-0.3, -0.25) is 0 Å². The van der Waals surface area contributed by atoms with Crippen LogP contribution >= 0.6 is 11.3 Å². The van der Waals surface area contributed by atoms with Crippen molar-refractivity contribution in [3.63, 3.8) is 0 Å². The van der Waals surface area contributed by atoms with Crippen LogP contribution in [0.3, 0.4) is 0 Å². The molecule has 0 unspecified atom stereocenters. The van der Waals surface area contributed by atoms with Gasteiger partial charge in [0.15, 0.2) is 0 Å². The number of hydrogen-bond acceptors (Lipinski definition) is 6.